The largest absolute Gasteiger partial charge is 0.292 e. The van der Waals surface area contributed by atoms with Gasteiger partial charge in [-0.05, 0) is 50.7 Å². The smallest absolute Gasteiger partial charge is 0.262 e. The van der Waals surface area contributed by atoms with E-state index in [1.54, 1.807) is 11.3 Å². The molecule has 1 aliphatic rings. The predicted octanol–water partition coefficient (Wildman–Crippen LogP) is 5.89. The molecule has 4 heteroatoms. The van der Waals surface area contributed by atoms with E-state index in [-0.39, 0.29) is 5.56 Å². The first-order chi connectivity index (χ1) is 13.2. The second-order valence-electron chi connectivity index (χ2n) is 7.71. The van der Waals surface area contributed by atoms with E-state index in [4.69, 9.17) is 4.98 Å². The highest BCUT2D eigenvalue weighted by Crippen LogP contribution is 2.35. The normalized spacial score (nSPS) is 13.9. The highest BCUT2D eigenvalue weighted by Gasteiger charge is 2.22. The van der Waals surface area contributed by atoms with E-state index >= 15 is 0 Å². The van der Waals surface area contributed by atoms with Crippen LogP contribution in [0.2, 0.25) is 0 Å². The van der Waals surface area contributed by atoms with Crippen molar-refractivity contribution in [1.82, 2.24) is 9.55 Å². The number of rotatable bonds is 6. The SMILES string of the molecule is CCCCCCn1c(-c2cccc(C)c2)nc2sc3c(c2c1=O)CCCC3. The first-order valence-corrected chi connectivity index (χ1v) is 11.1. The maximum Gasteiger partial charge on any atom is 0.262 e. The maximum atomic E-state index is 13.5. The fourth-order valence-electron chi connectivity index (χ4n) is 4.15. The summed E-state index contributed by atoms with van der Waals surface area (Å²) < 4.78 is 1.95. The first-order valence-electron chi connectivity index (χ1n) is 10.3. The summed E-state index contributed by atoms with van der Waals surface area (Å²) in [5.41, 5.74) is 3.71. The summed E-state index contributed by atoms with van der Waals surface area (Å²) in [5, 5.41) is 0.904. The lowest BCUT2D eigenvalue weighted by molar-refractivity contribution is 0.572. The van der Waals surface area contributed by atoms with Crippen molar-refractivity contribution in [2.24, 2.45) is 0 Å². The van der Waals surface area contributed by atoms with Crippen molar-refractivity contribution < 1.29 is 0 Å². The third kappa shape index (κ3) is 3.60. The van der Waals surface area contributed by atoms with E-state index in [0.29, 0.717) is 0 Å². The van der Waals surface area contributed by atoms with Crippen LogP contribution in [0.25, 0.3) is 21.6 Å². The van der Waals surface area contributed by atoms with Crippen LogP contribution in [0.4, 0.5) is 0 Å². The Hall–Kier alpha value is -1.94. The molecule has 2 aromatic heterocycles. The van der Waals surface area contributed by atoms with Gasteiger partial charge in [-0.2, -0.15) is 0 Å². The molecule has 0 saturated carbocycles. The average molecular weight is 381 g/mol. The van der Waals surface area contributed by atoms with Crippen LogP contribution in [-0.2, 0) is 19.4 Å². The van der Waals surface area contributed by atoms with E-state index in [9.17, 15) is 4.79 Å². The van der Waals surface area contributed by atoms with Crippen molar-refractivity contribution in [1.29, 1.82) is 0 Å². The lowest BCUT2D eigenvalue weighted by Gasteiger charge is -2.14. The van der Waals surface area contributed by atoms with Gasteiger partial charge in [-0.3, -0.25) is 9.36 Å². The Morgan fingerprint density at radius 2 is 2.00 bits per heavy atom. The van der Waals surface area contributed by atoms with E-state index < -0.39 is 0 Å². The molecular formula is C23H28N2OS. The van der Waals surface area contributed by atoms with Gasteiger partial charge >= 0.3 is 0 Å². The average Bonchev–Trinajstić information content (AvgIpc) is 3.05. The van der Waals surface area contributed by atoms with Crippen LogP contribution < -0.4 is 5.56 Å². The van der Waals surface area contributed by atoms with Gasteiger partial charge in [-0.25, -0.2) is 4.98 Å². The first kappa shape index (κ1) is 18.4. The Morgan fingerprint density at radius 1 is 1.15 bits per heavy atom. The Bertz CT molecular complexity index is 1020. The summed E-state index contributed by atoms with van der Waals surface area (Å²) in [6.45, 7) is 5.07. The Balaban J connectivity index is 1.87. The zero-order chi connectivity index (χ0) is 18.8. The molecule has 1 aromatic carbocycles. The highest BCUT2D eigenvalue weighted by molar-refractivity contribution is 7.18. The molecular weight excluding hydrogens is 352 g/mol. The number of unbranched alkanes of at least 4 members (excludes halogenated alkanes) is 3. The molecule has 0 amide bonds. The van der Waals surface area contributed by atoms with Gasteiger partial charge in [-0.1, -0.05) is 49.9 Å². The highest BCUT2D eigenvalue weighted by atomic mass is 32.1. The molecule has 3 aromatic rings. The summed E-state index contributed by atoms with van der Waals surface area (Å²) in [6, 6.07) is 8.37. The van der Waals surface area contributed by atoms with Crippen LogP contribution in [0.1, 0.15) is 61.5 Å². The summed E-state index contributed by atoms with van der Waals surface area (Å²) in [4.78, 5) is 20.9. The zero-order valence-electron chi connectivity index (χ0n) is 16.4. The third-order valence-electron chi connectivity index (χ3n) is 5.59. The molecule has 0 N–H and O–H groups in total. The summed E-state index contributed by atoms with van der Waals surface area (Å²) in [5.74, 6) is 0.839. The molecule has 27 heavy (non-hydrogen) atoms. The van der Waals surface area contributed by atoms with Gasteiger partial charge in [0.25, 0.3) is 5.56 Å². The van der Waals surface area contributed by atoms with E-state index in [1.165, 1.54) is 41.7 Å². The molecule has 0 spiro atoms. The zero-order valence-corrected chi connectivity index (χ0v) is 17.2. The number of aromatic nitrogens is 2. The van der Waals surface area contributed by atoms with E-state index in [0.717, 1.165) is 53.8 Å². The summed E-state index contributed by atoms with van der Waals surface area (Å²) in [6.07, 6.45) is 9.18. The van der Waals surface area contributed by atoms with Crippen molar-refractivity contribution in [2.45, 2.75) is 71.8 Å². The molecule has 0 fully saturated rings. The van der Waals surface area contributed by atoms with Crippen LogP contribution in [0, 0.1) is 6.92 Å². The molecule has 0 atom stereocenters. The van der Waals surface area contributed by atoms with Gasteiger partial charge in [0.2, 0.25) is 0 Å². The monoisotopic (exact) mass is 380 g/mol. The standard InChI is InChI=1S/C23H28N2OS/c1-3-4-5-8-14-25-21(17-11-9-10-16(2)15-17)24-22-20(23(25)26)18-12-6-7-13-19(18)27-22/h9-11,15H,3-8,12-14H2,1-2H3. The number of thiophene rings is 1. The third-order valence-corrected chi connectivity index (χ3v) is 6.77. The quantitative estimate of drug-likeness (QED) is 0.500. The van der Waals surface area contributed by atoms with Crippen molar-refractivity contribution in [2.75, 3.05) is 0 Å². The Kier molecular flexibility index (Phi) is 5.44. The number of fused-ring (bicyclic) bond motifs is 3. The molecule has 0 aliphatic heterocycles. The topological polar surface area (TPSA) is 34.9 Å². The number of aryl methyl sites for hydroxylation is 3. The lowest BCUT2D eigenvalue weighted by atomic mass is 9.97. The van der Waals surface area contributed by atoms with Crippen molar-refractivity contribution >= 4 is 21.6 Å². The minimum absolute atomic E-state index is 0.174. The van der Waals surface area contributed by atoms with Crippen LogP contribution in [0.3, 0.4) is 0 Å². The van der Waals surface area contributed by atoms with Gasteiger partial charge in [-0.15, -0.1) is 11.3 Å². The van der Waals surface area contributed by atoms with Crippen LogP contribution in [-0.4, -0.2) is 9.55 Å². The molecule has 3 nitrogen and oxygen atoms in total. The Morgan fingerprint density at radius 3 is 2.81 bits per heavy atom. The van der Waals surface area contributed by atoms with Gasteiger partial charge in [0.05, 0.1) is 5.39 Å². The molecule has 0 saturated heterocycles. The summed E-state index contributed by atoms with van der Waals surface area (Å²) >= 11 is 1.74. The fraction of sp³-hybridized carbons (Fsp3) is 0.478. The van der Waals surface area contributed by atoms with Gasteiger partial charge in [0.1, 0.15) is 10.7 Å². The molecule has 2 heterocycles. The Labute approximate surface area is 165 Å². The second kappa shape index (κ2) is 7.97. The minimum atomic E-state index is 0.174. The number of hydrogen-bond donors (Lipinski definition) is 0. The molecule has 4 rings (SSSR count). The van der Waals surface area contributed by atoms with Gasteiger partial charge in [0, 0.05) is 17.0 Å². The number of nitrogens with zero attached hydrogens (tertiary/aromatic N) is 2. The predicted molar refractivity (Wildman–Crippen MR) is 115 cm³/mol. The van der Waals surface area contributed by atoms with Crippen molar-refractivity contribution in [3.8, 4) is 11.4 Å². The number of hydrogen-bond acceptors (Lipinski definition) is 3. The van der Waals surface area contributed by atoms with E-state index in [1.807, 2.05) is 4.57 Å². The maximum absolute atomic E-state index is 13.5. The minimum Gasteiger partial charge on any atom is -0.292 e. The molecule has 1 aliphatic carbocycles. The van der Waals surface area contributed by atoms with Crippen LogP contribution in [0.5, 0.6) is 0 Å². The summed E-state index contributed by atoms with van der Waals surface area (Å²) in [7, 11) is 0. The molecule has 0 unspecified atom stereocenters. The van der Waals surface area contributed by atoms with E-state index in [2.05, 4.69) is 38.1 Å². The molecule has 142 valence electrons. The van der Waals surface area contributed by atoms with Crippen LogP contribution >= 0.6 is 11.3 Å². The van der Waals surface area contributed by atoms with Gasteiger partial charge < -0.3 is 0 Å². The van der Waals surface area contributed by atoms with Crippen LogP contribution in [0.15, 0.2) is 29.1 Å². The fourth-order valence-corrected chi connectivity index (χ4v) is 5.40. The molecule has 0 radical (unpaired) electrons. The molecule has 0 bridgehead atoms. The number of benzene rings is 1. The second-order valence-corrected chi connectivity index (χ2v) is 8.80. The van der Waals surface area contributed by atoms with Gasteiger partial charge in [0.15, 0.2) is 0 Å². The van der Waals surface area contributed by atoms with Crippen molar-refractivity contribution in [3.05, 3.63) is 50.6 Å². The lowest BCUT2D eigenvalue weighted by Crippen LogP contribution is -2.24. The van der Waals surface area contributed by atoms with Crippen molar-refractivity contribution in [3.63, 3.8) is 0 Å².